The lowest BCUT2D eigenvalue weighted by molar-refractivity contribution is -0.146. The van der Waals surface area contributed by atoms with Crippen LogP contribution < -0.4 is 65.5 Å². The number of aryl methyl sites for hydroxylation is 1. The van der Waals surface area contributed by atoms with Crippen molar-refractivity contribution in [2.24, 2.45) is 33.8 Å². The fraction of sp³-hybridized carbons (Fsp3) is 0.615. The van der Waals surface area contributed by atoms with Gasteiger partial charge in [0.25, 0.3) is 0 Å². The molecule has 0 radical (unpaired) electrons. The largest absolute Gasteiger partial charge is 0.480 e. The Morgan fingerprint density at radius 1 is 0.691 bits per heavy atom. The summed E-state index contributed by atoms with van der Waals surface area (Å²) in [4.78, 5) is 146. The summed E-state index contributed by atoms with van der Waals surface area (Å²) in [5, 5.41) is 50.9. The number of aliphatic hydroxyl groups is 2. The molecular weight excluding hydrogens is 1060 g/mol. The number of hydrogen-bond acceptors (Lipinski definition) is 16. The number of rotatable bonds is 38. The fourth-order valence-electron chi connectivity index (χ4n) is 7.99. The van der Waals surface area contributed by atoms with Crippen LogP contribution >= 0.6 is 0 Å². The number of aromatic nitrogens is 2. The first-order chi connectivity index (χ1) is 38.3. The number of imidazole rings is 1. The molecule has 2 rings (SSSR count). The molecule has 29 nitrogen and oxygen atoms in total. The topological polar surface area (TPSA) is 476 Å². The highest BCUT2D eigenvalue weighted by Gasteiger charge is 2.37. The number of benzene rings is 1. The summed E-state index contributed by atoms with van der Waals surface area (Å²) in [6.45, 7) is 8.19. The first-order valence-electron chi connectivity index (χ1n) is 27.1. The number of carboxylic acid groups (broad SMARTS) is 1. The van der Waals surface area contributed by atoms with Gasteiger partial charge in [0.05, 0.1) is 31.1 Å². The maximum Gasteiger partial charge on any atom is 0.323 e. The summed E-state index contributed by atoms with van der Waals surface area (Å²) >= 11 is 0. The summed E-state index contributed by atoms with van der Waals surface area (Å²) in [5.74, 6) is -9.60. The SMILES string of the molecule is CCCCN(CC(=O)O)C(=O)[C@@H](NC(=O)[C@H](CCCN)NC(=O)CNC(=O)[C@@H](NC(=O)[C@@H](NC(=O)[C@H](Cc1cnc[nH]1)NC(=O)[C@H](CCc1ccccc1)NC(=O)[C@H](C)NC(=O)[C@@H](N)CCCN=C(N)N)[C@@H](C)O)[C@@H](C)O)C(C)CC. The molecule has 452 valence electrons. The summed E-state index contributed by atoms with van der Waals surface area (Å²) in [6.07, 6.45) is 1.88. The molecule has 29 heteroatoms. The molecule has 0 spiro atoms. The molecule has 0 aliphatic heterocycles. The van der Waals surface area contributed by atoms with Crippen LogP contribution in [0.25, 0.3) is 0 Å². The summed E-state index contributed by atoms with van der Waals surface area (Å²) in [5.41, 5.74) is 23.6. The number of unbranched alkanes of at least 4 members (excludes halogenated alkanes) is 1. The summed E-state index contributed by atoms with van der Waals surface area (Å²) in [7, 11) is 0. The van der Waals surface area contributed by atoms with Gasteiger partial charge in [-0.2, -0.15) is 0 Å². The number of guanidine groups is 1. The number of H-pyrrole nitrogens is 1. The van der Waals surface area contributed by atoms with E-state index in [1.807, 2.05) is 19.1 Å². The van der Waals surface area contributed by atoms with Gasteiger partial charge in [0.1, 0.15) is 48.8 Å². The van der Waals surface area contributed by atoms with Gasteiger partial charge in [0.2, 0.25) is 53.2 Å². The third-order valence-corrected chi connectivity index (χ3v) is 13.0. The normalized spacial score (nSPS) is 15.1. The third kappa shape index (κ3) is 25.5. The van der Waals surface area contributed by atoms with Crippen molar-refractivity contribution in [3.8, 4) is 0 Å². The number of aliphatic imine (C=N–C) groups is 1. The second-order valence-electron chi connectivity index (χ2n) is 19.8. The predicted octanol–water partition coefficient (Wildman–Crippen LogP) is -4.24. The first-order valence-corrected chi connectivity index (χ1v) is 27.1. The Hall–Kier alpha value is -7.76. The summed E-state index contributed by atoms with van der Waals surface area (Å²) < 4.78 is 0. The van der Waals surface area contributed by atoms with E-state index < -0.39 is 139 Å². The molecule has 0 fully saturated rings. The molecule has 1 aromatic carbocycles. The molecule has 20 N–H and O–H groups in total. The number of carbonyl (C=O) groups excluding carboxylic acids is 9. The minimum absolute atomic E-state index is 0.00901. The highest BCUT2D eigenvalue weighted by molar-refractivity contribution is 5.98. The number of nitrogens with one attached hydrogen (secondary N) is 9. The molecule has 1 unspecified atom stereocenters. The fourth-order valence-corrected chi connectivity index (χ4v) is 7.99. The number of nitrogens with zero attached hydrogens (tertiary/aromatic N) is 3. The summed E-state index contributed by atoms with van der Waals surface area (Å²) in [6, 6.07) is -2.06. The molecule has 1 heterocycles. The zero-order valence-corrected chi connectivity index (χ0v) is 47.1. The molecule has 2 aromatic rings. The van der Waals surface area contributed by atoms with Gasteiger partial charge >= 0.3 is 5.97 Å². The van der Waals surface area contributed by atoms with Gasteiger partial charge in [0, 0.05) is 31.4 Å². The van der Waals surface area contributed by atoms with Gasteiger partial charge < -0.3 is 90.7 Å². The molecule has 0 aliphatic carbocycles. The number of aromatic amines is 1. The lowest BCUT2D eigenvalue weighted by Gasteiger charge is -2.31. The van der Waals surface area contributed by atoms with Crippen molar-refractivity contribution in [1.29, 1.82) is 0 Å². The van der Waals surface area contributed by atoms with E-state index in [1.165, 1.54) is 19.4 Å². The maximum atomic E-state index is 14.2. The Labute approximate surface area is 471 Å². The predicted molar refractivity (Wildman–Crippen MR) is 297 cm³/mol. The molecule has 81 heavy (non-hydrogen) atoms. The van der Waals surface area contributed by atoms with E-state index in [1.54, 1.807) is 32.0 Å². The minimum Gasteiger partial charge on any atom is -0.480 e. The van der Waals surface area contributed by atoms with Gasteiger partial charge in [-0.05, 0) is 83.7 Å². The van der Waals surface area contributed by atoms with E-state index in [2.05, 4.69) is 57.5 Å². The van der Waals surface area contributed by atoms with Crippen molar-refractivity contribution < 1.29 is 63.3 Å². The Balaban J connectivity index is 2.28. The van der Waals surface area contributed by atoms with E-state index in [0.29, 0.717) is 31.4 Å². The standard InChI is InChI=1S/C52H86N16O13/c1-7-9-23-68(27-40(72)73)51(81)41(29(3)8-2)65-47(77)36(18-13-21-53)62-39(71)26-59-49(79)42(31(5)69)67-50(80)43(32(6)70)66-48(78)38(24-34-25-57-28-60-34)64-46(76)37(20-19-33-15-11-10-12-16-33)63-44(74)30(4)61-45(75)35(54)17-14-22-58-52(55)56/h10-12,15-16,25,28-32,35-38,41-43,69-70H,7-9,13-14,17-24,26-27,53-54H2,1-6H3,(H,57,60)(H,59,79)(H,61,75)(H,62,71)(H,63,74)(H,64,76)(H,65,77)(H,66,78)(H,67,80)(H,72,73)(H4,55,56,58)/t29?,30-,31+,32+,35-,36-,37-,38-,41-,42-,43-/m0/s1. The maximum absolute atomic E-state index is 14.2. The van der Waals surface area contributed by atoms with Crippen LogP contribution in [0.4, 0.5) is 0 Å². The number of nitrogens with two attached hydrogens (primary N) is 4. The number of aliphatic hydroxyl groups excluding tert-OH is 2. The van der Waals surface area contributed by atoms with Crippen LogP contribution in [0.5, 0.6) is 0 Å². The number of carbonyl (C=O) groups is 10. The van der Waals surface area contributed by atoms with Crippen LogP contribution in [0.2, 0.25) is 0 Å². The number of aliphatic carboxylic acids is 1. The molecule has 0 bridgehead atoms. The van der Waals surface area contributed by atoms with Crippen LogP contribution in [0, 0.1) is 5.92 Å². The second-order valence-corrected chi connectivity index (χ2v) is 19.8. The number of hydrogen-bond donors (Lipinski definition) is 16. The molecule has 0 saturated heterocycles. The molecule has 9 amide bonds. The van der Waals surface area contributed by atoms with E-state index in [4.69, 9.17) is 22.9 Å². The molecule has 1 aromatic heterocycles. The van der Waals surface area contributed by atoms with Crippen molar-refractivity contribution in [3.05, 3.63) is 54.1 Å². The van der Waals surface area contributed by atoms with Crippen LogP contribution in [0.15, 0.2) is 47.8 Å². The smallest absolute Gasteiger partial charge is 0.323 e. The van der Waals surface area contributed by atoms with Gasteiger partial charge in [-0.25, -0.2) is 4.98 Å². The Morgan fingerprint density at radius 2 is 1.28 bits per heavy atom. The van der Waals surface area contributed by atoms with E-state index in [-0.39, 0.29) is 64.1 Å². The Bertz CT molecular complexity index is 2370. The van der Waals surface area contributed by atoms with Gasteiger partial charge in [-0.15, -0.1) is 0 Å². The number of carboxylic acids is 1. The van der Waals surface area contributed by atoms with Gasteiger partial charge in [-0.1, -0.05) is 63.9 Å². The molecule has 0 saturated carbocycles. The average molecular weight is 1140 g/mol. The van der Waals surface area contributed by atoms with Crippen molar-refractivity contribution >= 4 is 65.1 Å². The van der Waals surface area contributed by atoms with Crippen LogP contribution in [-0.4, -0.2) is 189 Å². The average Bonchev–Trinajstić information content (AvgIpc) is 3.95. The van der Waals surface area contributed by atoms with Crippen LogP contribution in [0.1, 0.15) is 104 Å². The number of amides is 9. The van der Waals surface area contributed by atoms with E-state index in [0.717, 1.165) is 24.3 Å². The first kappa shape index (κ1) is 69.3. The minimum atomic E-state index is -1.83. The van der Waals surface area contributed by atoms with Crippen molar-refractivity contribution in [2.45, 2.75) is 166 Å². The quantitative estimate of drug-likeness (QED) is 0.0172. The van der Waals surface area contributed by atoms with Gasteiger partial charge in [0.15, 0.2) is 5.96 Å². The monoisotopic (exact) mass is 1140 g/mol. The zero-order chi connectivity index (χ0) is 60.8. The van der Waals surface area contributed by atoms with Crippen molar-refractivity contribution in [3.63, 3.8) is 0 Å². The second kappa shape index (κ2) is 36.5. The molecule has 0 aliphatic rings. The van der Waals surface area contributed by atoms with E-state index >= 15 is 0 Å². The Kier molecular flexibility index (Phi) is 31.2. The van der Waals surface area contributed by atoms with Crippen molar-refractivity contribution in [1.82, 2.24) is 57.4 Å². The lowest BCUT2D eigenvalue weighted by Crippen LogP contribution is -2.62. The third-order valence-electron chi connectivity index (χ3n) is 13.0. The highest BCUT2D eigenvalue weighted by atomic mass is 16.4. The van der Waals surface area contributed by atoms with Crippen molar-refractivity contribution in [2.75, 3.05) is 32.7 Å². The molecule has 11 atom stereocenters. The molecular formula is C52H86N16O13. The lowest BCUT2D eigenvalue weighted by atomic mass is 9.96. The van der Waals surface area contributed by atoms with Crippen LogP contribution in [-0.2, 0) is 60.8 Å². The highest BCUT2D eigenvalue weighted by Crippen LogP contribution is 2.14. The Morgan fingerprint density at radius 3 is 1.86 bits per heavy atom. The van der Waals surface area contributed by atoms with Crippen LogP contribution in [0.3, 0.4) is 0 Å². The van der Waals surface area contributed by atoms with Gasteiger partial charge in [-0.3, -0.25) is 52.9 Å². The van der Waals surface area contributed by atoms with E-state index in [9.17, 15) is 63.3 Å². The zero-order valence-electron chi connectivity index (χ0n) is 47.1.